The van der Waals surface area contributed by atoms with E-state index in [0.717, 1.165) is 4.70 Å². The number of nitrogens with zero attached hydrogens (tertiary/aromatic N) is 2. The molecule has 7 nitrogen and oxygen atoms in total. The van der Waals surface area contributed by atoms with Gasteiger partial charge in [0.05, 0.1) is 17.3 Å². The molecule has 32 heavy (non-hydrogen) atoms. The average molecular weight is 454 g/mol. The lowest BCUT2D eigenvalue weighted by Gasteiger charge is -2.31. The van der Waals surface area contributed by atoms with E-state index in [1.54, 1.807) is 35.2 Å². The predicted molar refractivity (Wildman–Crippen MR) is 118 cm³/mol. The maximum atomic E-state index is 13.4. The maximum absolute atomic E-state index is 13.4. The molecule has 1 aliphatic rings. The molecule has 2 aromatic heterocycles. The summed E-state index contributed by atoms with van der Waals surface area (Å²) >= 11 is 1.30. The van der Waals surface area contributed by atoms with E-state index < -0.39 is 5.63 Å². The zero-order valence-corrected chi connectivity index (χ0v) is 18.0. The number of hydrogen-bond acceptors (Lipinski definition) is 7. The molecule has 0 bridgehead atoms. The van der Waals surface area contributed by atoms with Crippen LogP contribution in [0, 0.1) is 5.82 Å². The van der Waals surface area contributed by atoms with Crippen molar-refractivity contribution in [1.82, 2.24) is 9.88 Å². The van der Waals surface area contributed by atoms with Crippen molar-refractivity contribution in [3.05, 3.63) is 64.3 Å². The number of amides is 1. The zero-order valence-electron chi connectivity index (χ0n) is 17.2. The molecule has 0 aliphatic carbocycles. The second kappa shape index (κ2) is 8.23. The first-order valence-electron chi connectivity index (χ1n) is 10.1. The predicted octanol–water partition coefficient (Wildman–Crippen LogP) is 4.23. The molecule has 1 saturated heterocycles. The van der Waals surface area contributed by atoms with Crippen LogP contribution in [-0.4, -0.2) is 42.1 Å². The van der Waals surface area contributed by atoms with Crippen molar-refractivity contribution in [3.63, 3.8) is 0 Å². The van der Waals surface area contributed by atoms with E-state index in [2.05, 4.69) is 4.98 Å². The van der Waals surface area contributed by atoms with Crippen LogP contribution in [0.15, 0.2) is 51.7 Å². The Morgan fingerprint density at radius 3 is 2.81 bits per heavy atom. The van der Waals surface area contributed by atoms with Gasteiger partial charge < -0.3 is 18.8 Å². The summed E-state index contributed by atoms with van der Waals surface area (Å²) in [5.74, 6) is -0.234. The summed E-state index contributed by atoms with van der Waals surface area (Å²) in [4.78, 5) is 31.5. The van der Waals surface area contributed by atoms with Gasteiger partial charge in [0, 0.05) is 31.3 Å². The summed E-state index contributed by atoms with van der Waals surface area (Å²) in [6.45, 7) is 0.886. The van der Waals surface area contributed by atoms with Gasteiger partial charge in [-0.3, -0.25) is 4.79 Å². The number of likely N-dealkylation sites (tertiary alicyclic amines) is 1. The fourth-order valence-electron chi connectivity index (χ4n) is 3.84. The lowest BCUT2D eigenvalue weighted by atomic mass is 10.1. The number of methoxy groups -OCH3 is 1. The SMILES string of the molecule is COc1cccc2cc(C(=O)N3CCC(Oc4nc5ccc(F)cc5s4)CC3)c(=O)oc12. The van der Waals surface area contributed by atoms with Crippen LogP contribution in [0.1, 0.15) is 23.2 Å². The van der Waals surface area contributed by atoms with Crippen molar-refractivity contribution in [3.8, 4) is 10.9 Å². The van der Waals surface area contributed by atoms with Crippen LogP contribution in [0.3, 0.4) is 0 Å². The Bertz CT molecular complexity index is 1370. The van der Waals surface area contributed by atoms with Crippen LogP contribution in [0.5, 0.6) is 10.9 Å². The third-order valence-electron chi connectivity index (χ3n) is 5.50. The molecule has 9 heteroatoms. The zero-order chi connectivity index (χ0) is 22.2. The normalized spacial score (nSPS) is 14.8. The number of fused-ring (bicyclic) bond motifs is 2. The third-order valence-corrected chi connectivity index (χ3v) is 6.41. The van der Waals surface area contributed by atoms with Crippen molar-refractivity contribution >= 4 is 38.4 Å². The van der Waals surface area contributed by atoms with Crippen LogP contribution < -0.4 is 15.1 Å². The molecule has 5 rings (SSSR count). The fraction of sp³-hybridized carbons (Fsp3) is 0.261. The van der Waals surface area contributed by atoms with Crippen LogP contribution in [0.25, 0.3) is 21.2 Å². The molecule has 1 aliphatic heterocycles. The number of halogens is 1. The first-order chi connectivity index (χ1) is 15.5. The van der Waals surface area contributed by atoms with Gasteiger partial charge in [-0.05, 0) is 30.3 Å². The molecule has 1 fully saturated rings. The van der Waals surface area contributed by atoms with Crippen LogP contribution in [0.4, 0.5) is 4.39 Å². The van der Waals surface area contributed by atoms with Gasteiger partial charge in [-0.25, -0.2) is 14.2 Å². The number of hydrogen-bond donors (Lipinski definition) is 0. The number of benzene rings is 2. The minimum atomic E-state index is -0.688. The molecule has 0 N–H and O–H groups in total. The first-order valence-corrected chi connectivity index (χ1v) is 11.0. The first kappa shape index (κ1) is 20.4. The number of ether oxygens (including phenoxy) is 2. The molecular formula is C23H19FN2O5S. The fourth-order valence-corrected chi connectivity index (χ4v) is 4.75. The summed E-state index contributed by atoms with van der Waals surface area (Å²) in [5.41, 5.74) is 0.323. The van der Waals surface area contributed by atoms with Gasteiger partial charge in [-0.15, -0.1) is 0 Å². The second-order valence-electron chi connectivity index (χ2n) is 7.53. The Balaban J connectivity index is 1.28. The maximum Gasteiger partial charge on any atom is 0.349 e. The van der Waals surface area contributed by atoms with Crippen LogP contribution in [0.2, 0.25) is 0 Å². The monoisotopic (exact) mass is 454 g/mol. The molecule has 164 valence electrons. The Morgan fingerprint density at radius 2 is 2.03 bits per heavy atom. The van der Waals surface area contributed by atoms with E-state index >= 15 is 0 Å². The summed E-state index contributed by atoms with van der Waals surface area (Å²) in [6.07, 6.45) is 1.09. The van der Waals surface area contributed by atoms with Gasteiger partial charge in [-0.1, -0.05) is 23.5 Å². The molecule has 0 atom stereocenters. The molecule has 2 aromatic carbocycles. The van der Waals surface area contributed by atoms with Crippen molar-refractivity contribution < 1.29 is 23.1 Å². The number of thiazole rings is 1. The number of carbonyl (C=O) groups is 1. The van der Waals surface area contributed by atoms with Crippen LogP contribution in [-0.2, 0) is 0 Å². The minimum Gasteiger partial charge on any atom is -0.493 e. The largest absolute Gasteiger partial charge is 0.493 e. The number of rotatable bonds is 4. The Labute approximate surface area is 186 Å². The quantitative estimate of drug-likeness (QED) is 0.429. The number of piperidine rings is 1. The van der Waals surface area contributed by atoms with Gasteiger partial charge in [0.2, 0.25) is 0 Å². The highest BCUT2D eigenvalue weighted by Gasteiger charge is 2.27. The Hall–Kier alpha value is -3.46. The van der Waals surface area contributed by atoms with Gasteiger partial charge in [-0.2, -0.15) is 0 Å². The van der Waals surface area contributed by atoms with Crippen molar-refractivity contribution in [2.24, 2.45) is 0 Å². The van der Waals surface area contributed by atoms with E-state index in [1.165, 1.54) is 30.6 Å². The lowest BCUT2D eigenvalue weighted by molar-refractivity contribution is 0.0592. The highest BCUT2D eigenvalue weighted by molar-refractivity contribution is 7.20. The number of carbonyl (C=O) groups excluding carboxylic acids is 1. The van der Waals surface area contributed by atoms with Gasteiger partial charge in [0.25, 0.3) is 11.1 Å². The minimum absolute atomic E-state index is 0.00155. The Kier molecular flexibility index (Phi) is 5.26. The van der Waals surface area contributed by atoms with Crippen LogP contribution >= 0.6 is 11.3 Å². The standard InChI is InChI=1S/C23H19FN2O5S/c1-29-18-4-2-3-13-11-16(22(28)31-20(13)18)21(27)26-9-7-15(8-10-26)30-23-25-17-6-5-14(24)12-19(17)32-23/h2-6,11-12,15H,7-10H2,1H3. The molecule has 0 spiro atoms. The topological polar surface area (TPSA) is 81.9 Å². The molecule has 3 heterocycles. The molecule has 0 saturated carbocycles. The third kappa shape index (κ3) is 3.80. The van der Waals surface area contributed by atoms with E-state index in [4.69, 9.17) is 13.9 Å². The average Bonchev–Trinajstić information content (AvgIpc) is 3.19. The summed E-state index contributed by atoms with van der Waals surface area (Å²) in [6, 6.07) is 11.2. The summed E-state index contributed by atoms with van der Waals surface area (Å²) < 4.78 is 30.7. The van der Waals surface area contributed by atoms with E-state index in [0.29, 0.717) is 53.4 Å². The van der Waals surface area contributed by atoms with E-state index in [9.17, 15) is 14.0 Å². The highest BCUT2D eigenvalue weighted by Crippen LogP contribution is 2.30. The summed E-state index contributed by atoms with van der Waals surface area (Å²) in [7, 11) is 1.49. The molecular weight excluding hydrogens is 435 g/mol. The van der Waals surface area contributed by atoms with Crippen molar-refractivity contribution in [2.75, 3.05) is 20.2 Å². The smallest absolute Gasteiger partial charge is 0.349 e. The lowest BCUT2D eigenvalue weighted by Crippen LogP contribution is -2.43. The molecule has 0 radical (unpaired) electrons. The molecule has 1 amide bonds. The number of aromatic nitrogens is 1. The second-order valence-corrected chi connectivity index (χ2v) is 8.52. The Morgan fingerprint density at radius 1 is 1.22 bits per heavy atom. The van der Waals surface area contributed by atoms with E-state index in [-0.39, 0.29) is 23.4 Å². The number of para-hydroxylation sites is 1. The summed E-state index contributed by atoms with van der Waals surface area (Å²) in [5, 5.41) is 1.11. The van der Waals surface area contributed by atoms with Gasteiger partial charge >= 0.3 is 5.63 Å². The molecule has 4 aromatic rings. The molecule has 0 unspecified atom stereocenters. The van der Waals surface area contributed by atoms with Gasteiger partial charge in [0.1, 0.15) is 17.5 Å². The highest BCUT2D eigenvalue weighted by atomic mass is 32.1. The van der Waals surface area contributed by atoms with Crippen molar-refractivity contribution in [1.29, 1.82) is 0 Å². The van der Waals surface area contributed by atoms with E-state index in [1.807, 2.05) is 0 Å². The van der Waals surface area contributed by atoms with Gasteiger partial charge in [0.15, 0.2) is 11.3 Å². The van der Waals surface area contributed by atoms with Crippen molar-refractivity contribution in [2.45, 2.75) is 18.9 Å².